The third kappa shape index (κ3) is 2.02. The van der Waals surface area contributed by atoms with Gasteiger partial charge in [0.05, 0.1) is 0 Å². The smallest absolute Gasteiger partial charge is 0.0493 e. The van der Waals surface area contributed by atoms with Crippen molar-refractivity contribution in [1.29, 1.82) is 0 Å². The quantitative estimate of drug-likeness (QED) is 0.775. The minimum absolute atomic E-state index is 0.916. The molecule has 2 heteroatoms. The van der Waals surface area contributed by atoms with Crippen molar-refractivity contribution in [3.63, 3.8) is 0 Å². The van der Waals surface area contributed by atoms with Crippen molar-refractivity contribution in [2.24, 2.45) is 0 Å². The SMILES string of the molecule is C=CCc1cccc2c(CN(C)C)c[nH]c12. The van der Waals surface area contributed by atoms with Gasteiger partial charge in [-0.05, 0) is 31.6 Å². The van der Waals surface area contributed by atoms with Crippen molar-refractivity contribution in [3.05, 3.63) is 48.2 Å². The Hall–Kier alpha value is -1.54. The van der Waals surface area contributed by atoms with Crippen LogP contribution in [0, 0.1) is 0 Å². The molecule has 2 nitrogen and oxygen atoms in total. The summed E-state index contributed by atoms with van der Waals surface area (Å²) in [5.41, 5.74) is 3.92. The Morgan fingerprint density at radius 3 is 2.81 bits per heavy atom. The first kappa shape index (κ1) is 11.0. The van der Waals surface area contributed by atoms with Crippen molar-refractivity contribution in [3.8, 4) is 0 Å². The van der Waals surface area contributed by atoms with Gasteiger partial charge in [-0.25, -0.2) is 0 Å². The standard InChI is InChI=1S/C14H18N2/c1-4-6-11-7-5-8-13-12(10-16(2)3)9-15-14(11)13/h4-5,7-9,15H,1,6,10H2,2-3H3. The normalized spacial score (nSPS) is 11.2. The molecule has 1 aromatic heterocycles. The van der Waals surface area contributed by atoms with Crippen LogP contribution in [0.5, 0.6) is 0 Å². The van der Waals surface area contributed by atoms with Crippen LogP contribution in [0.2, 0.25) is 0 Å². The molecule has 16 heavy (non-hydrogen) atoms. The topological polar surface area (TPSA) is 19.0 Å². The number of para-hydroxylation sites is 1. The van der Waals surface area contributed by atoms with Gasteiger partial charge in [0.1, 0.15) is 0 Å². The van der Waals surface area contributed by atoms with Gasteiger partial charge in [0.15, 0.2) is 0 Å². The Labute approximate surface area is 96.6 Å². The van der Waals surface area contributed by atoms with Gasteiger partial charge in [-0.2, -0.15) is 0 Å². The number of hydrogen-bond donors (Lipinski definition) is 1. The Kier molecular flexibility index (Phi) is 3.11. The molecular weight excluding hydrogens is 196 g/mol. The van der Waals surface area contributed by atoms with Gasteiger partial charge >= 0.3 is 0 Å². The Morgan fingerprint density at radius 1 is 1.31 bits per heavy atom. The second kappa shape index (κ2) is 4.54. The molecule has 0 amide bonds. The van der Waals surface area contributed by atoms with Gasteiger partial charge < -0.3 is 9.88 Å². The van der Waals surface area contributed by atoms with Crippen LogP contribution in [0.15, 0.2) is 37.1 Å². The van der Waals surface area contributed by atoms with Crippen LogP contribution >= 0.6 is 0 Å². The molecule has 0 saturated heterocycles. The number of H-pyrrole nitrogens is 1. The highest BCUT2D eigenvalue weighted by molar-refractivity contribution is 5.86. The fourth-order valence-electron chi connectivity index (χ4n) is 2.07. The molecule has 1 heterocycles. The van der Waals surface area contributed by atoms with E-state index in [4.69, 9.17) is 0 Å². The van der Waals surface area contributed by atoms with Crippen LogP contribution in [-0.4, -0.2) is 24.0 Å². The Morgan fingerprint density at radius 2 is 2.12 bits per heavy atom. The predicted molar refractivity (Wildman–Crippen MR) is 69.6 cm³/mol. The Balaban J connectivity index is 2.48. The van der Waals surface area contributed by atoms with Gasteiger partial charge in [0.2, 0.25) is 0 Å². The maximum Gasteiger partial charge on any atom is 0.0493 e. The summed E-state index contributed by atoms with van der Waals surface area (Å²) in [6.45, 7) is 4.77. The number of nitrogens with one attached hydrogen (secondary N) is 1. The molecule has 0 bridgehead atoms. The van der Waals surface area contributed by atoms with Crippen molar-refractivity contribution in [2.45, 2.75) is 13.0 Å². The number of allylic oxidation sites excluding steroid dienone is 1. The van der Waals surface area contributed by atoms with E-state index in [9.17, 15) is 0 Å². The number of aromatic amines is 1. The highest BCUT2D eigenvalue weighted by Crippen LogP contribution is 2.22. The average Bonchev–Trinajstić information content (AvgIpc) is 2.63. The van der Waals surface area contributed by atoms with E-state index in [1.165, 1.54) is 22.0 Å². The van der Waals surface area contributed by atoms with Crippen LogP contribution in [-0.2, 0) is 13.0 Å². The lowest BCUT2D eigenvalue weighted by molar-refractivity contribution is 0.404. The summed E-state index contributed by atoms with van der Waals surface area (Å²) in [5.74, 6) is 0. The van der Waals surface area contributed by atoms with Crippen LogP contribution in [0.1, 0.15) is 11.1 Å². The van der Waals surface area contributed by atoms with E-state index in [0.717, 1.165) is 13.0 Å². The molecule has 1 N–H and O–H groups in total. The molecule has 0 atom stereocenters. The summed E-state index contributed by atoms with van der Waals surface area (Å²) >= 11 is 0. The summed E-state index contributed by atoms with van der Waals surface area (Å²) in [7, 11) is 4.18. The van der Waals surface area contributed by atoms with Crippen molar-refractivity contribution in [1.82, 2.24) is 9.88 Å². The Bertz CT molecular complexity index is 494. The highest BCUT2D eigenvalue weighted by Gasteiger charge is 2.06. The highest BCUT2D eigenvalue weighted by atomic mass is 15.0. The van der Waals surface area contributed by atoms with Crippen LogP contribution in [0.25, 0.3) is 10.9 Å². The van der Waals surface area contributed by atoms with Crippen LogP contribution in [0.3, 0.4) is 0 Å². The maximum atomic E-state index is 3.80. The molecule has 0 radical (unpaired) electrons. The number of fused-ring (bicyclic) bond motifs is 1. The monoisotopic (exact) mass is 214 g/mol. The third-order valence-corrected chi connectivity index (χ3v) is 2.74. The number of aromatic nitrogens is 1. The number of rotatable bonds is 4. The zero-order valence-corrected chi connectivity index (χ0v) is 9.96. The predicted octanol–water partition coefficient (Wildman–Crippen LogP) is 2.96. The lowest BCUT2D eigenvalue weighted by Gasteiger charge is -2.08. The third-order valence-electron chi connectivity index (χ3n) is 2.74. The van der Waals surface area contributed by atoms with Gasteiger partial charge in [-0.15, -0.1) is 6.58 Å². The molecular formula is C14H18N2. The van der Waals surface area contributed by atoms with E-state index in [2.05, 4.69) is 55.0 Å². The summed E-state index contributed by atoms with van der Waals surface area (Å²) in [6.07, 6.45) is 4.97. The van der Waals surface area contributed by atoms with Gasteiger partial charge in [-0.1, -0.05) is 24.3 Å². The number of nitrogens with zero attached hydrogens (tertiary/aromatic N) is 1. The molecule has 0 unspecified atom stereocenters. The molecule has 0 aliphatic carbocycles. The van der Waals surface area contributed by atoms with Crippen molar-refractivity contribution < 1.29 is 0 Å². The van der Waals surface area contributed by atoms with Crippen LogP contribution < -0.4 is 0 Å². The molecule has 2 rings (SSSR count). The molecule has 84 valence electrons. The first-order chi connectivity index (χ1) is 7.72. The van der Waals surface area contributed by atoms with Gasteiger partial charge in [0.25, 0.3) is 0 Å². The van der Waals surface area contributed by atoms with E-state index >= 15 is 0 Å². The number of hydrogen-bond acceptors (Lipinski definition) is 1. The molecule has 0 aliphatic heterocycles. The summed E-state index contributed by atoms with van der Waals surface area (Å²) in [6, 6.07) is 6.45. The average molecular weight is 214 g/mol. The zero-order chi connectivity index (χ0) is 11.5. The second-order valence-electron chi connectivity index (χ2n) is 4.38. The zero-order valence-electron chi connectivity index (χ0n) is 9.96. The summed E-state index contributed by atoms with van der Waals surface area (Å²) in [5, 5.41) is 1.33. The van der Waals surface area contributed by atoms with Gasteiger partial charge in [-0.3, -0.25) is 0 Å². The van der Waals surface area contributed by atoms with E-state index < -0.39 is 0 Å². The van der Waals surface area contributed by atoms with Crippen LogP contribution in [0.4, 0.5) is 0 Å². The lowest BCUT2D eigenvalue weighted by Crippen LogP contribution is -2.10. The minimum Gasteiger partial charge on any atom is -0.361 e. The molecule has 0 fully saturated rings. The van der Waals surface area contributed by atoms with Crippen molar-refractivity contribution >= 4 is 10.9 Å². The first-order valence-corrected chi connectivity index (χ1v) is 5.56. The lowest BCUT2D eigenvalue weighted by atomic mass is 10.1. The molecule has 0 saturated carbocycles. The maximum absolute atomic E-state index is 3.80. The first-order valence-electron chi connectivity index (χ1n) is 5.56. The molecule has 0 spiro atoms. The van der Waals surface area contributed by atoms with E-state index in [1.54, 1.807) is 0 Å². The van der Waals surface area contributed by atoms with E-state index in [-0.39, 0.29) is 0 Å². The largest absolute Gasteiger partial charge is 0.361 e. The summed E-state index contributed by atoms with van der Waals surface area (Å²) < 4.78 is 0. The minimum atomic E-state index is 0.916. The summed E-state index contributed by atoms with van der Waals surface area (Å²) in [4.78, 5) is 5.56. The fraction of sp³-hybridized carbons (Fsp3) is 0.286. The number of benzene rings is 1. The molecule has 1 aromatic carbocycles. The second-order valence-corrected chi connectivity index (χ2v) is 4.38. The molecule has 2 aromatic rings. The van der Waals surface area contributed by atoms with E-state index in [1.807, 2.05) is 6.08 Å². The molecule has 0 aliphatic rings. The van der Waals surface area contributed by atoms with E-state index in [0.29, 0.717) is 0 Å². The van der Waals surface area contributed by atoms with Gasteiger partial charge in [0, 0.05) is 23.6 Å². The van der Waals surface area contributed by atoms with Crippen molar-refractivity contribution in [2.75, 3.05) is 14.1 Å². The fourth-order valence-corrected chi connectivity index (χ4v) is 2.07.